The number of aromatic hydroxyl groups is 1. The van der Waals surface area contributed by atoms with Gasteiger partial charge in [0, 0.05) is 13.0 Å². The van der Waals surface area contributed by atoms with Crippen molar-refractivity contribution in [3.8, 4) is 5.75 Å². The van der Waals surface area contributed by atoms with Crippen molar-refractivity contribution in [2.75, 3.05) is 20.2 Å². The molecule has 0 saturated carbocycles. The van der Waals surface area contributed by atoms with E-state index in [1.165, 1.54) is 24.1 Å². The van der Waals surface area contributed by atoms with E-state index in [9.17, 15) is 24.3 Å². The average molecular weight is 528 g/mol. The summed E-state index contributed by atoms with van der Waals surface area (Å²) in [6.45, 7) is 8.48. The summed E-state index contributed by atoms with van der Waals surface area (Å²) >= 11 is 0. The van der Waals surface area contributed by atoms with Crippen molar-refractivity contribution in [2.24, 2.45) is 0 Å². The maximum atomic E-state index is 14.0. The van der Waals surface area contributed by atoms with E-state index in [4.69, 9.17) is 4.74 Å². The quantitative estimate of drug-likeness (QED) is 0.404. The molecule has 10 nitrogen and oxygen atoms in total. The molecule has 38 heavy (non-hydrogen) atoms. The van der Waals surface area contributed by atoms with Crippen LogP contribution in [0.5, 0.6) is 5.75 Å². The first-order valence-corrected chi connectivity index (χ1v) is 12.3. The van der Waals surface area contributed by atoms with Crippen LogP contribution in [0.25, 0.3) is 0 Å². The monoisotopic (exact) mass is 527 g/mol. The average Bonchev–Trinajstić information content (AvgIpc) is 2.84. The molecule has 0 aromatic heterocycles. The predicted octanol–water partition coefficient (Wildman–Crippen LogP) is 3.02. The van der Waals surface area contributed by atoms with E-state index in [1.54, 1.807) is 58.0 Å². The molecule has 0 heterocycles. The van der Waals surface area contributed by atoms with Gasteiger partial charge in [-0.2, -0.15) is 0 Å². The van der Waals surface area contributed by atoms with Crippen LogP contribution in [0.1, 0.15) is 50.4 Å². The van der Waals surface area contributed by atoms with Gasteiger partial charge in [-0.25, -0.2) is 4.79 Å². The van der Waals surface area contributed by atoms with Crippen molar-refractivity contribution in [1.29, 1.82) is 0 Å². The fraction of sp³-hybridized carbons (Fsp3) is 0.429. The molecular weight excluding hydrogens is 490 g/mol. The molecule has 0 aliphatic rings. The lowest BCUT2D eigenvalue weighted by atomic mass is 9.99. The molecule has 0 bridgehead atoms. The first-order valence-electron chi connectivity index (χ1n) is 12.3. The number of benzene rings is 2. The summed E-state index contributed by atoms with van der Waals surface area (Å²) in [5.74, 6) is -1.66. The second kappa shape index (κ2) is 13.5. The number of amides is 3. The van der Waals surface area contributed by atoms with Gasteiger partial charge in [-0.3, -0.25) is 14.4 Å². The number of nitrogens with zero attached hydrogens (tertiary/aromatic N) is 1. The minimum absolute atomic E-state index is 0.0636. The molecule has 2 aromatic carbocycles. The van der Waals surface area contributed by atoms with Gasteiger partial charge < -0.3 is 30.1 Å². The summed E-state index contributed by atoms with van der Waals surface area (Å²) in [5, 5.41) is 14.8. The number of ether oxygens (including phenoxy) is 2. The molecule has 2 rings (SSSR count). The number of carbonyl (C=O) groups is 4. The van der Waals surface area contributed by atoms with Crippen molar-refractivity contribution in [1.82, 2.24) is 15.5 Å². The van der Waals surface area contributed by atoms with E-state index in [1.807, 2.05) is 13.0 Å². The molecule has 2 atom stereocenters. The van der Waals surface area contributed by atoms with E-state index in [0.717, 1.165) is 5.56 Å². The zero-order chi connectivity index (χ0) is 28.5. The Morgan fingerprint density at radius 3 is 2.26 bits per heavy atom. The predicted molar refractivity (Wildman–Crippen MR) is 141 cm³/mol. The van der Waals surface area contributed by atoms with E-state index in [0.29, 0.717) is 11.1 Å². The summed E-state index contributed by atoms with van der Waals surface area (Å²) in [7, 11) is 1.21. The number of likely N-dealkylation sites (N-methyl/N-ethyl adjacent to an activating group) is 1. The number of esters is 1. The molecule has 0 aliphatic heterocycles. The van der Waals surface area contributed by atoms with Gasteiger partial charge >= 0.3 is 12.1 Å². The number of methoxy groups -OCH3 is 1. The maximum absolute atomic E-state index is 14.0. The molecular formula is C28H37N3O7. The third kappa shape index (κ3) is 9.10. The van der Waals surface area contributed by atoms with Crippen LogP contribution < -0.4 is 10.6 Å². The van der Waals surface area contributed by atoms with Gasteiger partial charge in [0.25, 0.3) is 0 Å². The molecule has 10 heteroatoms. The van der Waals surface area contributed by atoms with Gasteiger partial charge in [-0.1, -0.05) is 42.0 Å². The van der Waals surface area contributed by atoms with Crippen LogP contribution in [-0.4, -0.2) is 65.7 Å². The van der Waals surface area contributed by atoms with Gasteiger partial charge in [-0.05, 0) is 57.9 Å². The Kier molecular flexibility index (Phi) is 10.7. The van der Waals surface area contributed by atoms with Crippen molar-refractivity contribution >= 4 is 23.9 Å². The first kappa shape index (κ1) is 30.1. The Bertz CT molecular complexity index is 1130. The van der Waals surface area contributed by atoms with Gasteiger partial charge in [0.1, 0.15) is 30.0 Å². The highest BCUT2D eigenvalue weighted by Gasteiger charge is 2.35. The molecule has 206 valence electrons. The van der Waals surface area contributed by atoms with E-state index >= 15 is 0 Å². The van der Waals surface area contributed by atoms with Crippen LogP contribution in [0.15, 0.2) is 48.5 Å². The van der Waals surface area contributed by atoms with Crippen molar-refractivity contribution in [3.05, 3.63) is 65.2 Å². The zero-order valence-corrected chi connectivity index (χ0v) is 22.7. The second-order valence-electron chi connectivity index (χ2n) is 9.80. The Balaban J connectivity index is 2.46. The number of nitrogens with one attached hydrogen (secondary N) is 2. The van der Waals surface area contributed by atoms with Crippen LogP contribution in [0.2, 0.25) is 0 Å². The molecule has 2 unspecified atom stereocenters. The molecule has 0 spiro atoms. The molecule has 0 saturated heterocycles. The van der Waals surface area contributed by atoms with E-state index < -0.39 is 41.6 Å². The maximum Gasteiger partial charge on any atom is 0.408 e. The molecule has 2 aromatic rings. The summed E-state index contributed by atoms with van der Waals surface area (Å²) in [6, 6.07) is 11.2. The van der Waals surface area contributed by atoms with Gasteiger partial charge in [0.05, 0.1) is 7.11 Å². The minimum Gasteiger partial charge on any atom is -0.508 e. The number of phenols is 1. The summed E-state index contributed by atoms with van der Waals surface area (Å²) in [4.78, 5) is 53.0. The fourth-order valence-electron chi connectivity index (χ4n) is 3.82. The largest absolute Gasteiger partial charge is 0.508 e. The summed E-state index contributed by atoms with van der Waals surface area (Å²) in [5.41, 5.74) is 1.31. The Hall–Kier alpha value is -4.08. The van der Waals surface area contributed by atoms with Crippen LogP contribution in [-0.2, 0) is 30.3 Å². The van der Waals surface area contributed by atoms with Crippen molar-refractivity contribution in [2.45, 2.75) is 58.7 Å². The lowest BCUT2D eigenvalue weighted by molar-refractivity contribution is -0.144. The molecule has 0 radical (unpaired) electrons. The number of aryl methyl sites for hydroxylation is 1. The van der Waals surface area contributed by atoms with Gasteiger partial charge in [0.2, 0.25) is 11.8 Å². The second-order valence-corrected chi connectivity index (χ2v) is 9.80. The highest BCUT2D eigenvalue weighted by Crippen LogP contribution is 2.24. The molecule has 3 amide bonds. The van der Waals surface area contributed by atoms with Gasteiger partial charge in [0.15, 0.2) is 0 Å². The summed E-state index contributed by atoms with van der Waals surface area (Å²) < 4.78 is 10.0. The fourth-order valence-corrected chi connectivity index (χ4v) is 3.82. The van der Waals surface area contributed by atoms with Crippen LogP contribution in [0, 0.1) is 6.92 Å². The third-order valence-electron chi connectivity index (χ3n) is 5.54. The van der Waals surface area contributed by atoms with E-state index in [2.05, 4.69) is 15.4 Å². The Morgan fingerprint density at radius 1 is 1.05 bits per heavy atom. The van der Waals surface area contributed by atoms with Crippen molar-refractivity contribution in [3.63, 3.8) is 0 Å². The number of hydrogen-bond donors (Lipinski definition) is 3. The van der Waals surface area contributed by atoms with Crippen LogP contribution in [0.4, 0.5) is 4.79 Å². The number of alkyl carbamates (subject to hydrolysis) is 1. The molecule has 0 fully saturated rings. The van der Waals surface area contributed by atoms with Crippen LogP contribution >= 0.6 is 0 Å². The Labute approximate surface area is 223 Å². The standard InChI is InChI=1S/C28H37N3O7/c1-7-31(24(20-10-8-9-18(2)15-20)25(34)29-17-23(33)37-6)26(35)22(30-27(36)38-28(3,4)5)16-19-11-13-21(32)14-12-19/h8-15,22,24,32H,7,16-17H2,1-6H3,(H,29,34)(H,30,36). The number of hydrogen-bond acceptors (Lipinski definition) is 7. The molecule has 3 N–H and O–H groups in total. The topological polar surface area (TPSA) is 134 Å². The lowest BCUT2D eigenvalue weighted by Gasteiger charge is -2.34. The lowest BCUT2D eigenvalue weighted by Crippen LogP contribution is -2.54. The minimum atomic E-state index is -1.09. The molecule has 0 aliphatic carbocycles. The summed E-state index contributed by atoms with van der Waals surface area (Å²) in [6.07, 6.45) is -0.702. The normalized spacial score (nSPS) is 12.6. The van der Waals surface area contributed by atoms with Gasteiger partial charge in [-0.15, -0.1) is 0 Å². The number of carbonyl (C=O) groups excluding carboxylic acids is 4. The van der Waals surface area contributed by atoms with Crippen LogP contribution in [0.3, 0.4) is 0 Å². The van der Waals surface area contributed by atoms with Crippen molar-refractivity contribution < 1.29 is 33.8 Å². The SMILES string of the molecule is CCN(C(=O)C(Cc1ccc(O)cc1)NC(=O)OC(C)(C)C)C(C(=O)NCC(=O)OC)c1cccc(C)c1. The smallest absolute Gasteiger partial charge is 0.408 e. The first-order chi connectivity index (χ1) is 17.8. The third-order valence-corrected chi connectivity index (χ3v) is 5.54. The number of rotatable bonds is 10. The zero-order valence-electron chi connectivity index (χ0n) is 22.7. The highest BCUT2D eigenvalue weighted by atomic mass is 16.6. The Morgan fingerprint density at radius 2 is 1.71 bits per heavy atom. The highest BCUT2D eigenvalue weighted by molar-refractivity contribution is 5.93. The van der Waals surface area contributed by atoms with E-state index in [-0.39, 0.29) is 25.3 Å². The number of phenolic OH excluding ortho intramolecular Hbond substituents is 1.